The summed E-state index contributed by atoms with van der Waals surface area (Å²) in [5.74, 6) is -0.000859. The second-order valence-corrected chi connectivity index (χ2v) is 10.4. The van der Waals surface area contributed by atoms with Crippen LogP contribution in [0.5, 0.6) is 0 Å². The van der Waals surface area contributed by atoms with E-state index in [1.165, 1.54) is 35.6 Å². The van der Waals surface area contributed by atoms with E-state index in [0.717, 1.165) is 43.5 Å². The molecule has 3 fully saturated rings. The van der Waals surface area contributed by atoms with Gasteiger partial charge in [0.25, 0.3) is 11.8 Å². The standard InChI is InChI=1S/C25H30FN3O3S/c26-18-7-5-17(6-8-18)24(31)28-12-9-16(10-13-28)23-27-20(15-33-23)25(32)29-14-11-22(30)19-3-1-2-4-21(19)29/h5-8,15-16,19,21-22,30H,1-4,9-14H2. The van der Waals surface area contributed by atoms with Crippen molar-refractivity contribution < 1.29 is 19.1 Å². The number of aliphatic hydroxyl groups is 1. The van der Waals surface area contributed by atoms with Crippen molar-refractivity contribution in [2.75, 3.05) is 19.6 Å². The van der Waals surface area contributed by atoms with Crippen molar-refractivity contribution in [3.05, 3.63) is 51.7 Å². The van der Waals surface area contributed by atoms with Crippen LogP contribution >= 0.6 is 11.3 Å². The average molecular weight is 472 g/mol. The highest BCUT2D eigenvalue weighted by Gasteiger charge is 2.41. The average Bonchev–Trinajstić information content (AvgIpc) is 3.35. The molecule has 3 aliphatic rings. The van der Waals surface area contributed by atoms with E-state index in [2.05, 4.69) is 0 Å². The van der Waals surface area contributed by atoms with Gasteiger partial charge in [-0.25, -0.2) is 9.37 Å². The molecule has 6 nitrogen and oxygen atoms in total. The van der Waals surface area contributed by atoms with Gasteiger partial charge in [-0.1, -0.05) is 12.8 Å². The number of rotatable bonds is 3. The second-order valence-electron chi connectivity index (χ2n) is 9.51. The van der Waals surface area contributed by atoms with Gasteiger partial charge in [0.2, 0.25) is 0 Å². The lowest BCUT2D eigenvalue weighted by atomic mass is 9.76. The number of halogens is 1. The lowest BCUT2D eigenvalue weighted by Gasteiger charge is -2.46. The quantitative estimate of drug-likeness (QED) is 0.733. The predicted molar refractivity (Wildman–Crippen MR) is 124 cm³/mol. The van der Waals surface area contributed by atoms with Crippen LogP contribution in [-0.4, -0.2) is 63.5 Å². The van der Waals surface area contributed by atoms with Gasteiger partial charge < -0.3 is 14.9 Å². The third-order valence-corrected chi connectivity index (χ3v) is 8.57. The van der Waals surface area contributed by atoms with E-state index in [-0.39, 0.29) is 41.6 Å². The monoisotopic (exact) mass is 471 g/mol. The normalized spacial score (nSPS) is 26.2. The molecule has 8 heteroatoms. The SMILES string of the molecule is O=C(c1ccc(F)cc1)N1CCC(c2nc(C(=O)N3CCC(O)C4CCCCC43)cs2)CC1. The molecule has 1 aromatic heterocycles. The first-order chi connectivity index (χ1) is 16.0. The second kappa shape index (κ2) is 9.50. The fraction of sp³-hybridized carbons (Fsp3) is 0.560. The highest BCUT2D eigenvalue weighted by Crippen LogP contribution is 2.37. The zero-order valence-electron chi connectivity index (χ0n) is 18.7. The third-order valence-electron chi connectivity index (χ3n) is 7.57. The Kier molecular flexibility index (Phi) is 6.47. The summed E-state index contributed by atoms with van der Waals surface area (Å²) in [6, 6.07) is 5.80. The predicted octanol–water partition coefficient (Wildman–Crippen LogP) is 4.07. The van der Waals surface area contributed by atoms with Crippen LogP contribution in [0.1, 0.15) is 76.7 Å². The van der Waals surface area contributed by atoms with Crippen LogP contribution in [0.15, 0.2) is 29.6 Å². The number of benzene rings is 1. The molecule has 2 saturated heterocycles. The van der Waals surface area contributed by atoms with Crippen LogP contribution in [0.3, 0.4) is 0 Å². The van der Waals surface area contributed by atoms with Crippen LogP contribution < -0.4 is 0 Å². The lowest BCUT2D eigenvalue weighted by Crippen LogP contribution is -2.54. The maximum Gasteiger partial charge on any atom is 0.273 e. The number of piperidine rings is 2. The molecule has 2 aromatic rings. The van der Waals surface area contributed by atoms with E-state index < -0.39 is 0 Å². The minimum absolute atomic E-state index is 0.00905. The van der Waals surface area contributed by atoms with E-state index in [0.29, 0.717) is 37.3 Å². The van der Waals surface area contributed by atoms with Gasteiger partial charge in [0.05, 0.1) is 11.1 Å². The summed E-state index contributed by atoms with van der Waals surface area (Å²) in [6.45, 7) is 1.84. The summed E-state index contributed by atoms with van der Waals surface area (Å²) in [6.07, 6.45) is 6.14. The van der Waals surface area contributed by atoms with Crippen molar-refractivity contribution in [1.29, 1.82) is 0 Å². The molecule has 1 N–H and O–H groups in total. The van der Waals surface area contributed by atoms with E-state index in [9.17, 15) is 19.1 Å². The van der Waals surface area contributed by atoms with Crippen LogP contribution in [-0.2, 0) is 0 Å². The van der Waals surface area contributed by atoms with Gasteiger partial charge in [0, 0.05) is 48.5 Å². The number of thiazole rings is 1. The Morgan fingerprint density at radius 3 is 2.45 bits per heavy atom. The molecule has 5 rings (SSSR count). The first-order valence-corrected chi connectivity index (χ1v) is 12.9. The van der Waals surface area contributed by atoms with Crippen LogP contribution in [0.25, 0.3) is 0 Å². The Labute approximate surface area is 197 Å². The summed E-state index contributed by atoms with van der Waals surface area (Å²) in [7, 11) is 0. The molecule has 2 aliphatic heterocycles. The first kappa shape index (κ1) is 22.5. The Hall–Kier alpha value is -2.32. The molecule has 1 aromatic carbocycles. The number of amides is 2. The van der Waals surface area contributed by atoms with Crippen molar-refractivity contribution in [3.8, 4) is 0 Å². The van der Waals surface area contributed by atoms with Gasteiger partial charge in [0.1, 0.15) is 11.5 Å². The Morgan fingerprint density at radius 1 is 0.970 bits per heavy atom. The molecule has 176 valence electrons. The van der Waals surface area contributed by atoms with Crippen LogP contribution in [0.2, 0.25) is 0 Å². The maximum absolute atomic E-state index is 13.3. The summed E-state index contributed by atoms with van der Waals surface area (Å²) in [5, 5.41) is 13.2. The number of hydrogen-bond acceptors (Lipinski definition) is 5. The highest BCUT2D eigenvalue weighted by molar-refractivity contribution is 7.09. The lowest BCUT2D eigenvalue weighted by molar-refractivity contribution is -0.0264. The van der Waals surface area contributed by atoms with Gasteiger partial charge in [0.15, 0.2) is 0 Å². The van der Waals surface area contributed by atoms with Crippen molar-refractivity contribution in [2.24, 2.45) is 5.92 Å². The molecule has 1 saturated carbocycles. The number of aliphatic hydroxyl groups excluding tert-OH is 1. The van der Waals surface area contributed by atoms with Crippen molar-refractivity contribution in [1.82, 2.24) is 14.8 Å². The number of carbonyl (C=O) groups is 2. The van der Waals surface area contributed by atoms with Crippen molar-refractivity contribution in [2.45, 2.75) is 63.0 Å². The number of fused-ring (bicyclic) bond motifs is 1. The molecule has 2 amide bonds. The molecule has 33 heavy (non-hydrogen) atoms. The zero-order chi connectivity index (χ0) is 22.9. The molecule has 1 aliphatic carbocycles. The van der Waals surface area contributed by atoms with Gasteiger partial charge in [-0.3, -0.25) is 9.59 Å². The molecule has 3 heterocycles. The molecular formula is C25H30FN3O3S. The number of likely N-dealkylation sites (tertiary alicyclic amines) is 2. The van der Waals surface area contributed by atoms with Crippen molar-refractivity contribution >= 4 is 23.2 Å². The van der Waals surface area contributed by atoms with Crippen LogP contribution in [0, 0.1) is 11.7 Å². The van der Waals surface area contributed by atoms with E-state index in [1.54, 1.807) is 0 Å². The Balaban J connectivity index is 1.21. The number of hydrogen-bond donors (Lipinski definition) is 1. The molecule has 3 unspecified atom stereocenters. The highest BCUT2D eigenvalue weighted by atomic mass is 32.1. The fourth-order valence-electron chi connectivity index (χ4n) is 5.70. The van der Waals surface area contributed by atoms with Gasteiger partial charge in [-0.05, 0) is 56.4 Å². The Morgan fingerprint density at radius 2 is 1.70 bits per heavy atom. The number of nitrogens with zero attached hydrogens (tertiary/aromatic N) is 3. The summed E-state index contributed by atoms with van der Waals surface area (Å²) < 4.78 is 13.1. The number of aromatic nitrogens is 1. The van der Waals surface area contributed by atoms with Gasteiger partial charge >= 0.3 is 0 Å². The summed E-state index contributed by atoms with van der Waals surface area (Å²) in [4.78, 5) is 34.5. The van der Waals surface area contributed by atoms with Crippen LogP contribution in [0.4, 0.5) is 4.39 Å². The first-order valence-electron chi connectivity index (χ1n) is 12.0. The topological polar surface area (TPSA) is 73.7 Å². The minimum atomic E-state index is -0.348. The minimum Gasteiger partial charge on any atom is -0.393 e. The summed E-state index contributed by atoms with van der Waals surface area (Å²) in [5.41, 5.74) is 1.02. The largest absolute Gasteiger partial charge is 0.393 e. The number of carbonyl (C=O) groups excluding carboxylic acids is 2. The van der Waals surface area contributed by atoms with E-state index in [4.69, 9.17) is 4.98 Å². The molecule has 0 bridgehead atoms. The van der Waals surface area contributed by atoms with E-state index in [1.807, 2.05) is 15.2 Å². The molecule has 3 atom stereocenters. The summed E-state index contributed by atoms with van der Waals surface area (Å²) >= 11 is 1.53. The molecule has 0 spiro atoms. The fourth-order valence-corrected chi connectivity index (χ4v) is 6.67. The Bertz CT molecular complexity index is 1000. The van der Waals surface area contributed by atoms with E-state index >= 15 is 0 Å². The molecular weight excluding hydrogens is 441 g/mol. The third kappa shape index (κ3) is 4.55. The molecule has 0 radical (unpaired) electrons. The van der Waals surface area contributed by atoms with Gasteiger partial charge in [-0.15, -0.1) is 11.3 Å². The van der Waals surface area contributed by atoms with Gasteiger partial charge in [-0.2, -0.15) is 0 Å². The maximum atomic E-state index is 13.3. The smallest absolute Gasteiger partial charge is 0.273 e. The zero-order valence-corrected chi connectivity index (χ0v) is 19.5. The van der Waals surface area contributed by atoms with Crippen molar-refractivity contribution in [3.63, 3.8) is 0 Å².